The van der Waals surface area contributed by atoms with Crippen LogP contribution >= 0.6 is 0 Å². The van der Waals surface area contributed by atoms with Crippen molar-refractivity contribution in [2.24, 2.45) is 5.92 Å². The molecule has 0 aromatic rings. The van der Waals surface area contributed by atoms with Gasteiger partial charge in [-0.25, -0.2) is 0 Å². The molecule has 1 amide bonds. The zero-order valence-corrected chi connectivity index (χ0v) is 8.37. The van der Waals surface area contributed by atoms with Gasteiger partial charge in [-0.1, -0.05) is 20.8 Å². The number of nitrogens with one attached hydrogen (secondary N) is 1. The summed E-state index contributed by atoms with van der Waals surface area (Å²) in [6.07, 6.45) is -0.140. The van der Waals surface area contributed by atoms with Gasteiger partial charge < -0.3 is 14.8 Å². The molecule has 0 bridgehead atoms. The Labute approximate surface area is 78.6 Å². The van der Waals surface area contributed by atoms with E-state index in [1.165, 1.54) is 0 Å². The van der Waals surface area contributed by atoms with Gasteiger partial charge in [0.1, 0.15) is 12.7 Å². The molecule has 0 aromatic carbocycles. The number of carbonyl (C=O) groups is 1. The minimum absolute atomic E-state index is 0.0627. The van der Waals surface area contributed by atoms with Crippen LogP contribution in [0.1, 0.15) is 20.8 Å². The van der Waals surface area contributed by atoms with Gasteiger partial charge in [-0.2, -0.15) is 0 Å². The number of ether oxygens (including phenoxy) is 2. The summed E-state index contributed by atoms with van der Waals surface area (Å²) in [5, 5.41) is 2.72. The van der Waals surface area contributed by atoms with Crippen LogP contribution in [0.2, 0.25) is 0 Å². The van der Waals surface area contributed by atoms with Crippen molar-refractivity contribution in [2.75, 3.05) is 13.2 Å². The SMILES string of the molecule is CC.CC1CO[C@@H]2NC(=O)CO[C@H]12. The van der Waals surface area contributed by atoms with Crippen molar-refractivity contribution in [3.63, 3.8) is 0 Å². The molecule has 2 aliphatic rings. The third-order valence-corrected chi connectivity index (χ3v) is 2.11. The van der Waals surface area contributed by atoms with E-state index in [4.69, 9.17) is 9.47 Å². The van der Waals surface area contributed by atoms with Gasteiger partial charge in [-0.3, -0.25) is 4.79 Å². The predicted octanol–water partition coefficient (Wildman–Crippen LogP) is 0.520. The van der Waals surface area contributed by atoms with E-state index in [1.54, 1.807) is 0 Å². The van der Waals surface area contributed by atoms with Crippen molar-refractivity contribution < 1.29 is 14.3 Å². The third-order valence-electron chi connectivity index (χ3n) is 2.11. The smallest absolute Gasteiger partial charge is 0.248 e. The van der Waals surface area contributed by atoms with E-state index >= 15 is 0 Å². The van der Waals surface area contributed by atoms with Crippen LogP contribution in [0.25, 0.3) is 0 Å². The molecule has 2 heterocycles. The highest BCUT2D eigenvalue weighted by Gasteiger charge is 2.39. The Balaban J connectivity index is 0.000000396. The van der Waals surface area contributed by atoms with Crippen LogP contribution in [-0.4, -0.2) is 31.5 Å². The molecule has 2 saturated heterocycles. The molecular weight excluding hydrogens is 170 g/mol. The number of amides is 1. The molecule has 76 valence electrons. The van der Waals surface area contributed by atoms with Crippen molar-refractivity contribution >= 4 is 5.91 Å². The third kappa shape index (κ3) is 2.19. The van der Waals surface area contributed by atoms with Crippen LogP contribution in [0.4, 0.5) is 0 Å². The van der Waals surface area contributed by atoms with Crippen molar-refractivity contribution in [2.45, 2.75) is 33.1 Å². The van der Waals surface area contributed by atoms with E-state index in [2.05, 4.69) is 12.2 Å². The molecule has 1 unspecified atom stereocenters. The summed E-state index contributed by atoms with van der Waals surface area (Å²) < 4.78 is 10.6. The number of fused-ring (bicyclic) bond motifs is 1. The molecule has 0 radical (unpaired) electrons. The zero-order chi connectivity index (χ0) is 9.84. The lowest BCUT2D eigenvalue weighted by molar-refractivity contribution is -0.145. The highest BCUT2D eigenvalue weighted by atomic mass is 16.6. The predicted molar refractivity (Wildman–Crippen MR) is 48.1 cm³/mol. The first-order chi connectivity index (χ1) is 6.27. The van der Waals surface area contributed by atoms with Crippen LogP contribution in [-0.2, 0) is 14.3 Å². The average Bonchev–Trinajstić information content (AvgIpc) is 2.51. The molecule has 0 aromatic heterocycles. The maximum absolute atomic E-state index is 10.8. The zero-order valence-electron chi connectivity index (χ0n) is 8.37. The Morgan fingerprint density at radius 1 is 1.38 bits per heavy atom. The lowest BCUT2D eigenvalue weighted by Gasteiger charge is -2.26. The van der Waals surface area contributed by atoms with Crippen LogP contribution in [0.5, 0.6) is 0 Å². The van der Waals surface area contributed by atoms with Gasteiger partial charge in [0.25, 0.3) is 0 Å². The van der Waals surface area contributed by atoms with Gasteiger partial charge in [0.2, 0.25) is 5.91 Å². The minimum atomic E-state index is -0.203. The number of rotatable bonds is 0. The summed E-state index contributed by atoms with van der Waals surface area (Å²) in [6, 6.07) is 0. The summed E-state index contributed by atoms with van der Waals surface area (Å²) in [5.74, 6) is 0.306. The molecule has 4 heteroatoms. The Bertz CT molecular complexity index is 184. The van der Waals surface area contributed by atoms with E-state index in [0.717, 1.165) is 0 Å². The second-order valence-electron chi connectivity index (χ2n) is 3.07. The number of hydrogen-bond donors (Lipinski definition) is 1. The molecule has 0 aliphatic carbocycles. The monoisotopic (exact) mass is 187 g/mol. The number of carbonyl (C=O) groups excluding carboxylic acids is 1. The van der Waals surface area contributed by atoms with Gasteiger partial charge >= 0.3 is 0 Å². The van der Waals surface area contributed by atoms with Crippen molar-refractivity contribution in [1.82, 2.24) is 5.32 Å². The van der Waals surface area contributed by atoms with Gasteiger partial charge in [-0.05, 0) is 0 Å². The van der Waals surface area contributed by atoms with E-state index in [1.807, 2.05) is 13.8 Å². The summed E-state index contributed by atoms with van der Waals surface area (Å²) >= 11 is 0. The first-order valence-electron chi connectivity index (χ1n) is 4.80. The lowest BCUT2D eigenvalue weighted by atomic mass is 10.1. The van der Waals surface area contributed by atoms with Crippen molar-refractivity contribution in [3.8, 4) is 0 Å². The van der Waals surface area contributed by atoms with Crippen LogP contribution < -0.4 is 5.32 Å². The molecule has 3 atom stereocenters. The van der Waals surface area contributed by atoms with E-state index < -0.39 is 0 Å². The van der Waals surface area contributed by atoms with E-state index in [9.17, 15) is 4.79 Å². The quantitative estimate of drug-likeness (QED) is 0.601. The lowest BCUT2D eigenvalue weighted by Crippen LogP contribution is -2.50. The first-order valence-corrected chi connectivity index (χ1v) is 4.80. The van der Waals surface area contributed by atoms with Gasteiger partial charge in [0.15, 0.2) is 6.23 Å². The Morgan fingerprint density at radius 3 is 2.77 bits per heavy atom. The van der Waals surface area contributed by atoms with Gasteiger partial charge in [-0.15, -0.1) is 0 Å². The maximum Gasteiger partial charge on any atom is 0.248 e. The molecule has 0 saturated carbocycles. The molecule has 0 spiro atoms. The van der Waals surface area contributed by atoms with E-state index in [-0.39, 0.29) is 24.8 Å². The average molecular weight is 187 g/mol. The Morgan fingerprint density at radius 2 is 2.08 bits per heavy atom. The van der Waals surface area contributed by atoms with Crippen molar-refractivity contribution in [1.29, 1.82) is 0 Å². The summed E-state index contributed by atoms with van der Waals surface area (Å²) in [6.45, 7) is 6.91. The summed E-state index contributed by atoms with van der Waals surface area (Å²) in [5.41, 5.74) is 0. The first kappa shape index (κ1) is 10.5. The number of hydrogen-bond acceptors (Lipinski definition) is 3. The van der Waals surface area contributed by atoms with Crippen LogP contribution in [0.3, 0.4) is 0 Å². The van der Waals surface area contributed by atoms with Crippen LogP contribution in [0.15, 0.2) is 0 Å². The normalized spacial score (nSPS) is 37.2. The van der Waals surface area contributed by atoms with Gasteiger partial charge in [0, 0.05) is 5.92 Å². The fourth-order valence-electron chi connectivity index (χ4n) is 1.49. The van der Waals surface area contributed by atoms with Crippen molar-refractivity contribution in [3.05, 3.63) is 0 Å². The highest BCUT2D eigenvalue weighted by Crippen LogP contribution is 2.23. The Kier molecular flexibility index (Phi) is 3.69. The largest absolute Gasteiger partial charge is 0.363 e. The molecule has 1 N–H and O–H groups in total. The standard InChI is InChI=1S/C7H11NO3.C2H6/c1-4-2-11-7-6(4)10-3-5(9)8-7;1-2/h4,6-7H,2-3H2,1H3,(H,8,9);1-2H3/t4?,6-,7+;/m1./s1. The van der Waals surface area contributed by atoms with Gasteiger partial charge in [0.05, 0.1) is 6.61 Å². The highest BCUT2D eigenvalue weighted by molar-refractivity contribution is 5.78. The second-order valence-corrected chi connectivity index (χ2v) is 3.07. The molecule has 2 fully saturated rings. The molecule has 2 aliphatic heterocycles. The fraction of sp³-hybridized carbons (Fsp3) is 0.889. The summed E-state index contributed by atoms with van der Waals surface area (Å²) in [4.78, 5) is 10.8. The number of morpholine rings is 1. The topological polar surface area (TPSA) is 47.6 Å². The molecule has 4 nitrogen and oxygen atoms in total. The Hall–Kier alpha value is -0.610. The minimum Gasteiger partial charge on any atom is -0.363 e. The molecular formula is C9H17NO3. The second kappa shape index (κ2) is 4.58. The maximum atomic E-state index is 10.8. The van der Waals surface area contributed by atoms with Crippen LogP contribution in [0, 0.1) is 5.92 Å². The molecule has 13 heavy (non-hydrogen) atoms. The fourth-order valence-corrected chi connectivity index (χ4v) is 1.49. The summed E-state index contributed by atoms with van der Waals surface area (Å²) in [7, 11) is 0. The molecule has 2 rings (SSSR count). The van der Waals surface area contributed by atoms with E-state index in [0.29, 0.717) is 12.5 Å².